The molecule has 2 heterocycles. The number of nitrogens with zero attached hydrogens (tertiary/aromatic N) is 1. The first-order valence-corrected chi connectivity index (χ1v) is 18.6. The zero-order valence-electron chi connectivity index (χ0n) is 27.7. The zero-order valence-corrected chi connectivity index (χ0v) is 28.5. The van der Waals surface area contributed by atoms with Crippen molar-refractivity contribution in [2.45, 2.75) is 128 Å². The molecule has 5 fully saturated rings. The maximum atomic E-state index is 13.2. The van der Waals surface area contributed by atoms with Gasteiger partial charge in [-0.2, -0.15) is 0 Å². The number of thioether (sulfide) groups is 1. The van der Waals surface area contributed by atoms with Crippen molar-refractivity contribution in [1.29, 1.82) is 0 Å². The van der Waals surface area contributed by atoms with Gasteiger partial charge in [0.05, 0.1) is 6.10 Å². The summed E-state index contributed by atoms with van der Waals surface area (Å²) in [7, 11) is 0. The van der Waals surface area contributed by atoms with E-state index in [1.165, 1.54) is 68.0 Å². The predicted octanol–water partition coefficient (Wildman–Crippen LogP) is 4.06. The van der Waals surface area contributed by atoms with Gasteiger partial charge >= 0.3 is 0 Å². The van der Waals surface area contributed by atoms with Crippen molar-refractivity contribution in [2.24, 2.45) is 40.4 Å². The third kappa shape index (κ3) is 5.67. The summed E-state index contributed by atoms with van der Waals surface area (Å²) in [6.07, 6.45) is 18.3. The van der Waals surface area contributed by atoms with Gasteiger partial charge in [-0.15, -0.1) is 24.1 Å². The molecule has 0 aromatic heterocycles. The van der Waals surface area contributed by atoms with E-state index in [2.05, 4.69) is 35.7 Å². The highest BCUT2D eigenvalue weighted by Gasteiger charge is 2.62. The number of rotatable bonds is 10. The number of carbonyl (C=O) groups excluding carboxylic acids is 4. The molecule has 1 saturated heterocycles. The zero-order chi connectivity index (χ0) is 32.8. The molecule has 4 aliphatic carbocycles. The van der Waals surface area contributed by atoms with Crippen LogP contribution in [0, 0.1) is 52.8 Å². The lowest BCUT2D eigenvalue weighted by Gasteiger charge is -2.62. The van der Waals surface area contributed by atoms with Crippen LogP contribution in [0.2, 0.25) is 0 Å². The molecule has 11 atom stereocenters. The lowest BCUT2D eigenvalue weighted by Crippen LogP contribution is -2.71. The molecule has 4 saturated carbocycles. The van der Waals surface area contributed by atoms with E-state index in [-0.39, 0.29) is 40.8 Å². The average Bonchev–Trinajstić information content (AvgIpc) is 3.36. The van der Waals surface area contributed by atoms with E-state index in [0.29, 0.717) is 53.6 Å². The smallest absolute Gasteiger partial charge is 0.269 e. The molecular formula is C36H52N4O5S. The Morgan fingerprint density at radius 2 is 1.93 bits per heavy atom. The summed E-state index contributed by atoms with van der Waals surface area (Å²) in [6, 6.07) is -0.663. The summed E-state index contributed by atoms with van der Waals surface area (Å²) in [5, 5.41) is 19.3. The topological polar surface area (TPSA) is 128 Å². The number of aliphatic hydroxyl groups is 1. The van der Waals surface area contributed by atoms with Crippen molar-refractivity contribution in [2.75, 3.05) is 5.75 Å². The molecule has 2 aliphatic heterocycles. The molecule has 9 nitrogen and oxygen atoms in total. The fraction of sp³-hybridized carbons (Fsp3) is 0.778. The lowest BCUT2D eigenvalue weighted by atomic mass is 9.44. The first-order valence-electron chi connectivity index (χ1n) is 17.6. The Morgan fingerprint density at radius 3 is 2.70 bits per heavy atom. The molecule has 252 valence electrons. The van der Waals surface area contributed by atoms with Crippen molar-refractivity contribution in [1.82, 2.24) is 20.9 Å². The number of β-lactam (4-membered cyclic amide) rings is 1. The fourth-order valence-electron chi connectivity index (χ4n) is 11.0. The van der Waals surface area contributed by atoms with Crippen LogP contribution in [-0.4, -0.2) is 63.6 Å². The third-order valence-electron chi connectivity index (χ3n) is 13.3. The van der Waals surface area contributed by atoms with Crippen LogP contribution >= 0.6 is 11.8 Å². The first kappa shape index (κ1) is 33.4. The number of amides is 4. The van der Waals surface area contributed by atoms with Crippen molar-refractivity contribution < 1.29 is 24.3 Å². The standard InChI is InChI=1S/C36H52N4O5S/c1-5-9-27(37-20-41)38-32(44)31-21(2)19-46-34-30(33(45)40(31)34)39-28(43)12-8-11-22-13-14-24-29-25(15-17-36(22,24)4)35(3)16-7-6-10-23(35)18-26(29)42/h1,20,22-27,29-30,34,42H,6-19H2,2-4H3,(H,37,41)(H,38,44)(H,39,43). The van der Waals surface area contributed by atoms with Gasteiger partial charge in [-0.3, -0.25) is 24.1 Å². The van der Waals surface area contributed by atoms with Crippen LogP contribution in [0.1, 0.15) is 104 Å². The van der Waals surface area contributed by atoms with Crippen molar-refractivity contribution in [3.8, 4) is 12.3 Å². The van der Waals surface area contributed by atoms with Gasteiger partial charge in [0.1, 0.15) is 23.3 Å². The molecular weight excluding hydrogens is 600 g/mol. The Labute approximate surface area is 278 Å². The third-order valence-corrected chi connectivity index (χ3v) is 14.8. The minimum absolute atomic E-state index is 0.116. The number of carbonyl (C=O) groups is 4. The van der Waals surface area contributed by atoms with Crippen molar-refractivity contribution >= 4 is 35.9 Å². The second kappa shape index (κ2) is 13.2. The highest BCUT2D eigenvalue weighted by atomic mass is 32.2. The second-order valence-corrected chi connectivity index (χ2v) is 16.7. The van der Waals surface area contributed by atoms with Gasteiger partial charge in [0.15, 0.2) is 0 Å². The Morgan fingerprint density at radius 1 is 1.15 bits per heavy atom. The number of hydrogen-bond acceptors (Lipinski definition) is 6. The average molecular weight is 653 g/mol. The minimum Gasteiger partial charge on any atom is -0.393 e. The van der Waals surface area contributed by atoms with Gasteiger partial charge in [-0.05, 0) is 111 Å². The van der Waals surface area contributed by atoms with E-state index in [1.54, 1.807) is 0 Å². The largest absolute Gasteiger partial charge is 0.393 e. The molecule has 4 N–H and O–H groups in total. The predicted molar refractivity (Wildman–Crippen MR) is 177 cm³/mol. The fourth-order valence-corrected chi connectivity index (χ4v) is 12.3. The summed E-state index contributed by atoms with van der Waals surface area (Å²) in [5.74, 6) is 4.96. The maximum Gasteiger partial charge on any atom is 0.269 e. The van der Waals surface area contributed by atoms with Gasteiger partial charge in [-0.1, -0.05) is 26.7 Å². The van der Waals surface area contributed by atoms with E-state index >= 15 is 0 Å². The monoisotopic (exact) mass is 652 g/mol. The molecule has 0 aromatic rings. The normalized spacial score (nSPS) is 40.2. The number of nitrogens with one attached hydrogen (secondary N) is 3. The van der Waals surface area contributed by atoms with Gasteiger partial charge < -0.3 is 21.1 Å². The van der Waals surface area contributed by atoms with Crippen LogP contribution in [0.15, 0.2) is 11.3 Å². The van der Waals surface area contributed by atoms with E-state index in [0.717, 1.165) is 24.8 Å². The quantitative estimate of drug-likeness (QED) is 0.122. The summed E-state index contributed by atoms with van der Waals surface area (Å²) in [5.41, 5.74) is 1.64. The molecule has 11 unspecified atom stereocenters. The summed E-state index contributed by atoms with van der Waals surface area (Å²) in [4.78, 5) is 51.8. The van der Waals surface area contributed by atoms with Crippen LogP contribution in [0.3, 0.4) is 0 Å². The van der Waals surface area contributed by atoms with Gasteiger partial charge in [0.25, 0.3) is 11.8 Å². The molecule has 10 heteroatoms. The second-order valence-electron chi connectivity index (χ2n) is 15.6. The number of fused-ring (bicyclic) bond motifs is 6. The first-order chi connectivity index (χ1) is 22.0. The van der Waals surface area contributed by atoms with Crippen LogP contribution in [0.4, 0.5) is 0 Å². The van der Waals surface area contributed by atoms with E-state index in [9.17, 15) is 24.3 Å². The molecule has 0 radical (unpaired) electrons. The molecule has 0 bridgehead atoms. The summed E-state index contributed by atoms with van der Waals surface area (Å²) < 4.78 is 0. The Balaban J connectivity index is 1.01. The van der Waals surface area contributed by atoms with E-state index in [4.69, 9.17) is 6.42 Å². The minimum atomic E-state index is -0.733. The molecule has 0 spiro atoms. The highest BCUT2D eigenvalue weighted by Crippen LogP contribution is 2.68. The van der Waals surface area contributed by atoms with Crippen LogP contribution in [0.5, 0.6) is 0 Å². The molecule has 6 rings (SSSR count). The number of aliphatic hydroxyl groups excluding tert-OH is 1. The van der Waals surface area contributed by atoms with Crippen LogP contribution in [-0.2, 0) is 19.2 Å². The highest BCUT2D eigenvalue weighted by molar-refractivity contribution is 8.00. The van der Waals surface area contributed by atoms with Crippen LogP contribution < -0.4 is 16.0 Å². The Hall–Kier alpha value is -2.51. The number of terminal acetylenes is 1. The number of hydrogen-bond donors (Lipinski definition) is 4. The van der Waals surface area contributed by atoms with Crippen LogP contribution in [0.25, 0.3) is 0 Å². The van der Waals surface area contributed by atoms with E-state index in [1.807, 2.05) is 6.92 Å². The van der Waals surface area contributed by atoms with Gasteiger partial charge in [0, 0.05) is 18.6 Å². The molecule has 6 aliphatic rings. The Bertz CT molecular complexity index is 1310. The molecule has 46 heavy (non-hydrogen) atoms. The van der Waals surface area contributed by atoms with Crippen molar-refractivity contribution in [3.63, 3.8) is 0 Å². The van der Waals surface area contributed by atoms with Gasteiger partial charge in [-0.25, -0.2) is 0 Å². The summed E-state index contributed by atoms with van der Waals surface area (Å²) >= 11 is 1.54. The maximum absolute atomic E-state index is 13.2. The van der Waals surface area contributed by atoms with E-state index < -0.39 is 18.1 Å². The van der Waals surface area contributed by atoms with Gasteiger partial charge in [0.2, 0.25) is 12.3 Å². The molecule has 4 amide bonds. The van der Waals surface area contributed by atoms with Crippen molar-refractivity contribution in [3.05, 3.63) is 11.3 Å². The lowest BCUT2D eigenvalue weighted by molar-refractivity contribution is -0.162. The Kier molecular flexibility index (Phi) is 9.57. The SMILES string of the molecule is C#CCC(NC=O)NC(=O)C1=C(C)CSC2C(NC(=O)CCCC3CCC4C5C(O)CC6CCCCC6(C)C5CCC34C)C(=O)N12. The summed E-state index contributed by atoms with van der Waals surface area (Å²) in [6.45, 7) is 6.83. The molecule has 0 aromatic carbocycles.